The van der Waals surface area contributed by atoms with E-state index in [2.05, 4.69) is 18.7 Å². The average Bonchev–Trinajstić information content (AvgIpc) is 2.86. The monoisotopic (exact) mass is 185 g/mol. The van der Waals surface area contributed by atoms with Crippen LogP contribution >= 0.6 is 0 Å². The van der Waals surface area contributed by atoms with Gasteiger partial charge in [-0.2, -0.15) is 0 Å². The van der Waals surface area contributed by atoms with Crippen LogP contribution in [0.25, 0.3) is 0 Å². The van der Waals surface area contributed by atoms with Crippen molar-refractivity contribution in [2.45, 2.75) is 52.2 Å². The second-order valence-electron chi connectivity index (χ2n) is 4.42. The lowest BCUT2D eigenvalue weighted by atomic mass is 10.1. The summed E-state index contributed by atoms with van der Waals surface area (Å²) in [7, 11) is 0. The van der Waals surface area contributed by atoms with Crippen molar-refractivity contribution >= 4 is 0 Å². The van der Waals surface area contributed by atoms with E-state index in [1.54, 1.807) is 0 Å². The van der Waals surface area contributed by atoms with Crippen LogP contribution < -0.4 is 0 Å². The second-order valence-corrected chi connectivity index (χ2v) is 4.42. The Hall–Kier alpha value is -0.0800. The normalized spacial score (nSPS) is 21.9. The standard InChI is InChI=1S/C11H23NO/c1-4-7-12(8-11-5-6-11)9(2)10(3)13/h9-11,13H,4-8H2,1-3H3. The van der Waals surface area contributed by atoms with Crippen LogP contribution in [0.15, 0.2) is 0 Å². The van der Waals surface area contributed by atoms with E-state index in [-0.39, 0.29) is 6.10 Å². The molecule has 1 N–H and O–H groups in total. The van der Waals surface area contributed by atoms with Crippen LogP contribution in [-0.4, -0.2) is 35.2 Å². The summed E-state index contributed by atoms with van der Waals surface area (Å²) in [6.45, 7) is 8.54. The van der Waals surface area contributed by atoms with Gasteiger partial charge in [0.2, 0.25) is 0 Å². The fourth-order valence-corrected chi connectivity index (χ4v) is 1.69. The minimum Gasteiger partial charge on any atom is -0.392 e. The van der Waals surface area contributed by atoms with Crippen LogP contribution in [0, 0.1) is 5.92 Å². The molecule has 78 valence electrons. The Labute approximate surface area is 81.9 Å². The molecule has 1 rings (SSSR count). The summed E-state index contributed by atoms with van der Waals surface area (Å²) in [5.74, 6) is 0.924. The topological polar surface area (TPSA) is 23.5 Å². The van der Waals surface area contributed by atoms with E-state index in [0.717, 1.165) is 12.5 Å². The van der Waals surface area contributed by atoms with Crippen molar-refractivity contribution in [2.24, 2.45) is 5.92 Å². The van der Waals surface area contributed by atoms with Gasteiger partial charge in [-0.1, -0.05) is 6.92 Å². The minimum absolute atomic E-state index is 0.203. The number of aliphatic hydroxyl groups is 1. The molecule has 0 aliphatic heterocycles. The first-order chi connectivity index (χ1) is 6.15. The molecule has 2 nitrogen and oxygen atoms in total. The van der Waals surface area contributed by atoms with Gasteiger partial charge in [-0.05, 0) is 45.6 Å². The van der Waals surface area contributed by atoms with Gasteiger partial charge in [-0.15, -0.1) is 0 Å². The highest BCUT2D eigenvalue weighted by Crippen LogP contribution is 2.30. The number of rotatable bonds is 6. The molecule has 2 atom stereocenters. The van der Waals surface area contributed by atoms with Crippen LogP contribution in [-0.2, 0) is 0 Å². The molecule has 13 heavy (non-hydrogen) atoms. The zero-order valence-electron chi connectivity index (χ0n) is 9.16. The molecule has 1 saturated carbocycles. The van der Waals surface area contributed by atoms with Crippen LogP contribution in [0.2, 0.25) is 0 Å². The molecule has 0 radical (unpaired) electrons. The van der Waals surface area contributed by atoms with Crippen molar-refractivity contribution in [1.82, 2.24) is 4.90 Å². The summed E-state index contributed by atoms with van der Waals surface area (Å²) < 4.78 is 0. The van der Waals surface area contributed by atoms with E-state index in [1.807, 2.05) is 6.92 Å². The SMILES string of the molecule is CCCN(CC1CC1)C(C)C(C)O. The molecule has 0 aromatic carbocycles. The third-order valence-electron chi connectivity index (χ3n) is 2.97. The van der Waals surface area contributed by atoms with Gasteiger partial charge < -0.3 is 5.11 Å². The Balaban J connectivity index is 2.34. The molecule has 0 aromatic rings. The number of hydrogen-bond acceptors (Lipinski definition) is 2. The Bertz CT molecular complexity index is 143. The maximum atomic E-state index is 9.51. The van der Waals surface area contributed by atoms with Crippen molar-refractivity contribution in [1.29, 1.82) is 0 Å². The maximum Gasteiger partial charge on any atom is 0.0664 e. The number of hydrogen-bond donors (Lipinski definition) is 1. The molecule has 0 amide bonds. The van der Waals surface area contributed by atoms with Crippen molar-refractivity contribution in [3.63, 3.8) is 0 Å². The molecule has 0 heterocycles. The first-order valence-corrected chi connectivity index (χ1v) is 5.57. The quantitative estimate of drug-likeness (QED) is 0.683. The Morgan fingerprint density at radius 3 is 2.38 bits per heavy atom. The first-order valence-electron chi connectivity index (χ1n) is 5.57. The third-order valence-corrected chi connectivity index (χ3v) is 2.97. The molecule has 2 unspecified atom stereocenters. The molecule has 1 aliphatic rings. The van der Waals surface area contributed by atoms with Crippen molar-refractivity contribution in [3.8, 4) is 0 Å². The van der Waals surface area contributed by atoms with Gasteiger partial charge in [0.25, 0.3) is 0 Å². The largest absolute Gasteiger partial charge is 0.392 e. The highest BCUT2D eigenvalue weighted by atomic mass is 16.3. The van der Waals surface area contributed by atoms with E-state index in [0.29, 0.717) is 6.04 Å². The molecule has 0 spiro atoms. The zero-order valence-corrected chi connectivity index (χ0v) is 9.16. The van der Waals surface area contributed by atoms with Gasteiger partial charge in [0, 0.05) is 12.6 Å². The number of nitrogens with zero attached hydrogens (tertiary/aromatic N) is 1. The lowest BCUT2D eigenvalue weighted by molar-refractivity contribution is 0.0677. The zero-order chi connectivity index (χ0) is 9.84. The summed E-state index contributed by atoms with van der Waals surface area (Å²) >= 11 is 0. The summed E-state index contributed by atoms with van der Waals surface area (Å²) in [6.07, 6.45) is 3.77. The lowest BCUT2D eigenvalue weighted by Gasteiger charge is -2.30. The molecular formula is C11H23NO. The summed E-state index contributed by atoms with van der Waals surface area (Å²) in [4.78, 5) is 2.43. The van der Waals surface area contributed by atoms with Gasteiger partial charge in [-0.3, -0.25) is 4.90 Å². The fraction of sp³-hybridized carbons (Fsp3) is 1.00. The third kappa shape index (κ3) is 3.65. The van der Waals surface area contributed by atoms with Crippen LogP contribution in [0.3, 0.4) is 0 Å². The molecule has 0 aromatic heterocycles. The van der Waals surface area contributed by atoms with E-state index in [4.69, 9.17) is 0 Å². The molecular weight excluding hydrogens is 162 g/mol. The van der Waals surface area contributed by atoms with E-state index >= 15 is 0 Å². The predicted molar refractivity (Wildman–Crippen MR) is 55.7 cm³/mol. The molecule has 1 fully saturated rings. The Morgan fingerprint density at radius 1 is 1.38 bits per heavy atom. The average molecular weight is 185 g/mol. The highest BCUT2D eigenvalue weighted by Gasteiger charge is 2.27. The van der Waals surface area contributed by atoms with Gasteiger partial charge in [0.05, 0.1) is 6.10 Å². The highest BCUT2D eigenvalue weighted by molar-refractivity contribution is 4.81. The second kappa shape index (κ2) is 4.97. The van der Waals surface area contributed by atoms with Crippen LogP contribution in [0.5, 0.6) is 0 Å². The van der Waals surface area contributed by atoms with Crippen molar-refractivity contribution in [2.75, 3.05) is 13.1 Å². The Kier molecular flexibility index (Phi) is 4.20. The fourth-order valence-electron chi connectivity index (χ4n) is 1.69. The predicted octanol–water partition coefficient (Wildman–Crippen LogP) is 1.88. The van der Waals surface area contributed by atoms with Crippen LogP contribution in [0.1, 0.15) is 40.0 Å². The van der Waals surface area contributed by atoms with E-state index < -0.39 is 0 Å². The number of aliphatic hydroxyl groups excluding tert-OH is 1. The van der Waals surface area contributed by atoms with Gasteiger partial charge in [0.15, 0.2) is 0 Å². The summed E-state index contributed by atoms with van der Waals surface area (Å²) in [6, 6.07) is 0.320. The Morgan fingerprint density at radius 2 is 2.00 bits per heavy atom. The van der Waals surface area contributed by atoms with Gasteiger partial charge in [-0.25, -0.2) is 0 Å². The summed E-state index contributed by atoms with van der Waals surface area (Å²) in [5.41, 5.74) is 0. The van der Waals surface area contributed by atoms with E-state index in [1.165, 1.54) is 25.8 Å². The molecule has 1 aliphatic carbocycles. The van der Waals surface area contributed by atoms with Crippen molar-refractivity contribution < 1.29 is 5.11 Å². The van der Waals surface area contributed by atoms with Gasteiger partial charge in [0.1, 0.15) is 0 Å². The molecule has 0 saturated heterocycles. The van der Waals surface area contributed by atoms with Crippen LogP contribution in [0.4, 0.5) is 0 Å². The van der Waals surface area contributed by atoms with E-state index in [9.17, 15) is 5.11 Å². The smallest absolute Gasteiger partial charge is 0.0664 e. The summed E-state index contributed by atoms with van der Waals surface area (Å²) in [5, 5.41) is 9.51. The van der Waals surface area contributed by atoms with Crippen molar-refractivity contribution in [3.05, 3.63) is 0 Å². The first kappa shape index (κ1) is 11.0. The minimum atomic E-state index is -0.203. The maximum absolute atomic E-state index is 9.51. The molecule has 0 bridgehead atoms. The van der Waals surface area contributed by atoms with Gasteiger partial charge >= 0.3 is 0 Å². The molecule has 2 heteroatoms. The lowest BCUT2D eigenvalue weighted by Crippen LogP contribution is -2.41.